The Balaban J connectivity index is 1.37. The SMILES string of the molecule is Nc1ncc(-c2ccc(NS(=O)(=O)C3CC3)cc2OCc2ccccc2)cc1-c1ccc2c(c1)CCNC2=O. The van der Waals surface area contributed by atoms with Crippen LogP contribution in [0, 0.1) is 0 Å². The third-order valence-electron chi connectivity index (χ3n) is 7.01. The maximum Gasteiger partial charge on any atom is 0.251 e. The number of pyridine rings is 1. The van der Waals surface area contributed by atoms with E-state index in [0.29, 0.717) is 48.8 Å². The second kappa shape index (κ2) is 10.1. The Bertz CT molecular complexity index is 1670. The van der Waals surface area contributed by atoms with Gasteiger partial charge in [-0.15, -0.1) is 0 Å². The minimum atomic E-state index is -3.42. The summed E-state index contributed by atoms with van der Waals surface area (Å²) in [6.45, 7) is 0.914. The molecule has 4 aromatic rings. The zero-order valence-electron chi connectivity index (χ0n) is 21.2. The van der Waals surface area contributed by atoms with Gasteiger partial charge in [0.1, 0.15) is 18.2 Å². The number of ether oxygens (including phenoxy) is 1. The number of rotatable bonds is 8. The van der Waals surface area contributed by atoms with Crippen LogP contribution in [0.3, 0.4) is 0 Å². The topological polar surface area (TPSA) is 123 Å². The van der Waals surface area contributed by atoms with Gasteiger partial charge >= 0.3 is 0 Å². The highest BCUT2D eigenvalue weighted by atomic mass is 32.2. The van der Waals surface area contributed by atoms with Crippen molar-refractivity contribution in [2.45, 2.75) is 31.1 Å². The molecule has 2 heterocycles. The highest BCUT2D eigenvalue weighted by molar-refractivity contribution is 7.93. The summed E-state index contributed by atoms with van der Waals surface area (Å²) < 4.78 is 34.1. The predicted octanol–water partition coefficient (Wildman–Crippen LogP) is 4.77. The molecule has 4 N–H and O–H groups in total. The van der Waals surface area contributed by atoms with Gasteiger partial charge in [-0.05, 0) is 60.2 Å². The quantitative estimate of drug-likeness (QED) is 0.296. The lowest BCUT2D eigenvalue weighted by Gasteiger charge is -2.18. The number of nitrogen functional groups attached to an aromatic ring is 1. The number of fused-ring (bicyclic) bond motifs is 1. The Morgan fingerprint density at radius 3 is 2.54 bits per heavy atom. The molecule has 0 saturated heterocycles. The predicted molar refractivity (Wildman–Crippen MR) is 152 cm³/mol. The van der Waals surface area contributed by atoms with E-state index in [4.69, 9.17) is 10.5 Å². The number of hydrogen-bond donors (Lipinski definition) is 3. The number of anilines is 2. The smallest absolute Gasteiger partial charge is 0.251 e. The minimum Gasteiger partial charge on any atom is -0.488 e. The van der Waals surface area contributed by atoms with Crippen LogP contribution in [0.25, 0.3) is 22.3 Å². The van der Waals surface area contributed by atoms with Gasteiger partial charge in [-0.2, -0.15) is 0 Å². The molecule has 0 bridgehead atoms. The van der Waals surface area contributed by atoms with Gasteiger partial charge in [0, 0.05) is 41.1 Å². The second-order valence-corrected chi connectivity index (χ2v) is 11.8. The van der Waals surface area contributed by atoms with E-state index in [1.807, 2.05) is 60.7 Å². The van der Waals surface area contributed by atoms with Crippen molar-refractivity contribution in [2.75, 3.05) is 17.0 Å². The van der Waals surface area contributed by atoms with Gasteiger partial charge < -0.3 is 15.8 Å². The molecule has 8 nitrogen and oxygen atoms in total. The molecule has 0 spiro atoms. The third-order valence-corrected chi connectivity index (χ3v) is 8.88. The molecule has 1 aliphatic carbocycles. The number of carbonyl (C=O) groups is 1. The molecule has 198 valence electrons. The van der Waals surface area contributed by atoms with E-state index < -0.39 is 10.0 Å². The molecule has 1 amide bonds. The average molecular weight is 541 g/mol. The van der Waals surface area contributed by atoms with Gasteiger partial charge in [0.25, 0.3) is 5.91 Å². The van der Waals surface area contributed by atoms with Crippen molar-refractivity contribution in [1.29, 1.82) is 0 Å². The normalized spacial score (nSPS) is 14.8. The van der Waals surface area contributed by atoms with Crippen LogP contribution in [-0.2, 0) is 23.1 Å². The maximum atomic E-state index is 12.6. The van der Waals surface area contributed by atoms with Crippen molar-refractivity contribution in [1.82, 2.24) is 10.3 Å². The number of nitrogens with zero attached hydrogens (tertiary/aromatic N) is 1. The molecule has 6 rings (SSSR count). The van der Waals surface area contributed by atoms with Crippen LogP contribution < -0.4 is 20.5 Å². The molecule has 2 aliphatic rings. The van der Waals surface area contributed by atoms with Crippen LogP contribution in [0.15, 0.2) is 79.0 Å². The summed E-state index contributed by atoms with van der Waals surface area (Å²) in [5, 5.41) is 2.53. The van der Waals surface area contributed by atoms with E-state index in [1.165, 1.54) is 0 Å². The number of carbonyl (C=O) groups excluding carboxylic acids is 1. The van der Waals surface area contributed by atoms with E-state index in [1.54, 1.807) is 18.3 Å². The zero-order valence-corrected chi connectivity index (χ0v) is 22.0. The summed E-state index contributed by atoms with van der Waals surface area (Å²) in [7, 11) is -3.42. The van der Waals surface area contributed by atoms with Gasteiger partial charge in [0.15, 0.2) is 0 Å². The van der Waals surface area contributed by atoms with Crippen molar-refractivity contribution in [3.63, 3.8) is 0 Å². The van der Waals surface area contributed by atoms with Crippen molar-refractivity contribution >= 4 is 27.4 Å². The van der Waals surface area contributed by atoms with Crippen molar-refractivity contribution < 1.29 is 17.9 Å². The van der Waals surface area contributed by atoms with E-state index in [2.05, 4.69) is 15.0 Å². The van der Waals surface area contributed by atoms with Crippen molar-refractivity contribution in [3.8, 4) is 28.0 Å². The maximum absolute atomic E-state index is 12.6. The lowest BCUT2D eigenvalue weighted by atomic mass is 9.94. The summed E-state index contributed by atoms with van der Waals surface area (Å²) in [5.41, 5.74) is 12.5. The molecular weight excluding hydrogens is 512 g/mol. The number of sulfonamides is 1. The molecule has 3 aromatic carbocycles. The molecule has 0 unspecified atom stereocenters. The molecular formula is C30H28N4O4S. The number of nitrogens with one attached hydrogen (secondary N) is 2. The monoisotopic (exact) mass is 540 g/mol. The number of hydrogen-bond acceptors (Lipinski definition) is 6. The first-order valence-corrected chi connectivity index (χ1v) is 14.4. The molecule has 1 aliphatic heterocycles. The highest BCUT2D eigenvalue weighted by Gasteiger charge is 2.35. The van der Waals surface area contributed by atoms with Gasteiger partial charge in [0.05, 0.1) is 10.9 Å². The van der Waals surface area contributed by atoms with E-state index in [9.17, 15) is 13.2 Å². The van der Waals surface area contributed by atoms with E-state index in [0.717, 1.165) is 39.8 Å². The zero-order chi connectivity index (χ0) is 27.0. The molecule has 0 radical (unpaired) electrons. The van der Waals surface area contributed by atoms with Crippen LogP contribution in [0.4, 0.5) is 11.5 Å². The highest BCUT2D eigenvalue weighted by Crippen LogP contribution is 2.38. The summed E-state index contributed by atoms with van der Waals surface area (Å²) in [6.07, 6.45) is 3.79. The lowest BCUT2D eigenvalue weighted by molar-refractivity contribution is 0.0946. The minimum absolute atomic E-state index is 0.0692. The molecule has 9 heteroatoms. The van der Waals surface area contributed by atoms with Gasteiger partial charge in [-0.3, -0.25) is 9.52 Å². The fraction of sp³-hybridized carbons (Fsp3) is 0.200. The first-order chi connectivity index (χ1) is 18.9. The largest absolute Gasteiger partial charge is 0.488 e. The van der Waals surface area contributed by atoms with Crippen molar-refractivity contribution in [3.05, 3.63) is 95.7 Å². The fourth-order valence-electron chi connectivity index (χ4n) is 4.75. The van der Waals surface area contributed by atoms with Gasteiger partial charge in [-0.1, -0.05) is 42.5 Å². The Hall–Kier alpha value is -4.37. The van der Waals surface area contributed by atoms with Crippen LogP contribution in [0.1, 0.15) is 34.3 Å². The second-order valence-electron chi connectivity index (χ2n) is 9.87. The third kappa shape index (κ3) is 5.31. The van der Waals surface area contributed by atoms with Crippen LogP contribution in [0.2, 0.25) is 0 Å². The summed E-state index contributed by atoms with van der Waals surface area (Å²) in [5.74, 6) is 0.828. The van der Waals surface area contributed by atoms with Gasteiger partial charge in [0.2, 0.25) is 10.0 Å². The van der Waals surface area contributed by atoms with Crippen LogP contribution >= 0.6 is 0 Å². The van der Waals surface area contributed by atoms with E-state index >= 15 is 0 Å². The van der Waals surface area contributed by atoms with Crippen molar-refractivity contribution in [2.24, 2.45) is 0 Å². The fourth-order valence-corrected chi connectivity index (χ4v) is 6.13. The number of benzene rings is 3. The standard InChI is InChI=1S/C30H28N4O4S/c31-29-27(20-6-10-26-21(14-20)12-13-32-30(26)35)15-22(17-33-29)25-11-7-23(34-39(36,37)24-8-9-24)16-28(25)38-18-19-4-2-1-3-5-19/h1-7,10-11,14-17,24,34H,8-9,12-13,18H2,(H2,31,33)(H,32,35). The summed E-state index contributed by atoms with van der Waals surface area (Å²) >= 11 is 0. The van der Waals surface area contributed by atoms with Crippen LogP contribution in [0.5, 0.6) is 5.75 Å². The van der Waals surface area contributed by atoms with Crippen LogP contribution in [-0.4, -0.2) is 31.1 Å². The Morgan fingerprint density at radius 1 is 0.949 bits per heavy atom. The summed E-state index contributed by atoms with van der Waals surface area (Å²) in [4.78, 5) is 16.7. The molecule has 0 atom stereocenters. The number of amides is 1. The molecule has 1 fully saturated rings. The Labute approximate surface area is 227 Å². The molecule has 1 saturated carbocycles. The Morgan fingerprint density at radius 2 is 1.74 bits per heavy atom. The molecule has 39 heavy (non-hydrogen) atoms. The number of nitrogens with two attached hydrogens (primary N) is 1. The summed E-state index contributed by atoms with van der Waals surface area (Å²) in [6, 6.07) is 22.7. The van der Waals surface area contributed by atoms with E-state index in [-0.39, 0.29) is 11.2 Å². The first-order valence-electron chi connectivity index (χ1n) is 12.9. The average Bonchev–Trinajstić information content (AvgIpc) is 3.80. The lowest BCUT2D eigenvalue weighted by Crippen LogP contribution is -2.31. The first kappa shape index (κ1) is 24.9. The van der Waals surface area contributed by atoms with Gasteiger partial charge in [-0.25, -0.2) is 13.4 Å². The number of aromatic nitrogens is 1. The molecule has 1 aromatic heterocycles. The Kier molecular flexibility index (Phi) is 6.44.